The molecule has 19 heavy (non-hydrogen) atoms. The fourth-order valence-corrected chi connectivity index (χ4v) is 1.34. The van der Waals surface area contributed by atoms with Gasteiger partial charge in [0, 0.05) is 6.54 Å². The SMILES string of the molecule is CCCCNC(=O)COC(=O)c1ccc(F)c(N)c1. The van der Waals surface area contributed by atoms with Crippen LogP contribution < -0.4 is 11.1 Å². The van der Waals surface area contributed by atoms with Crippen molar-refractivity contribution in [2.75, 3.05) is 18.9 Å². The molecular weight excluding hydrogens is 251 g/mol. The zero-order chi connectivity index (χ0) is 14.3. The summed E-state index contributed by atoms with van der Waals surface area (Å²) < 4.78 is 17.7. The Labute approximate surface area is 110 Å². The lowest BCUT2D eigenvalue weighted by Crippen LogP contribution is -2.29. The molecule has 5 nitrogen and oxygen atoms in total. The first-order valence-corrected chi connectivity index (χ1v) is 6.03. The van der Waals surface area contributed by atoms with E-state index in [-0.39, 0.29) is 23.8 Å². The number of carbonyl (C=O) groups is 2. The third kappa shape index (κ3) is 4.95. The van der Waals surface area contributed by atoms with Gasteiger partial charge in [0.05, 0.1) is 11.3 Å². The van der Waals surface area contributed by atoms with E-state index >= 15 is 0 Å². The molecule has 0 aromatic heterocycles. The number of benzene rings is 1. The van der Waals surface area contributed by atoms with Crippen LogP contribution in [-0.2, 0) is 9.53 Å². The van der Waals surface area contributed by atoms with Gasteiger partial charge in [-0.25, -0.2) is 9.18 Å². The van der Waals surface area contributed by atoms with Gasteiger partial charge < -0.3 is 15.8 Å². The van der Waals surface area contributed by atoms with E-state index in [1.807, 2.05) is 6.92 Å². The fraction of sp³-hybridized carbons (Fsp3) is 0.385. The van der Waals surface area contributed by atoms with Gasteiger partial charge in [0.15, 0.2) is 6.61 Å². The third-order valence-electron chi connectivity index (χ3n) is 2.42. The molecule has 0 atom stereocenters. The molecule has 3 N–H and O–H groups in total. The van der Waals surface area contributed by atoms with Crippen molar-refractivity contribution in [3.63, 3.8) is 0 Å². The monoisotopic (exact) mass is 268 g/mol. The first-order chi connectivity index (χ1) is 9.04. The molecule has 0 spiro atoms. The van der Waals surface area contributed by atoms with E-state index < -0.39 is 11.8 Å². The van der Waals surface area contributed by atoms with Crippen molar-refractivity contribution in [3.05, 3.63) is 29.6 Å². The van der Waals surface area contributed by atoms with Gasteiger partial charge >= 0.3 is 5.97 Å². The molecule has 0 heterocycles. The van der Waals surface area contributed by atoms with Crippen LogP contribution in [0.15, 0.2) is 18.2 Å². The molecule has 0 aliphatic heterocycles. The van der Waals surface area contributed by atoms with Crippen LogP contribution in [0.3, 0.4) is 0 Å². The molecule has 0 aliphatic carbocycles. The lowest BCUT2D eigenvalue weighted by atomic mass is 10.2. The highest BCUT2D eigenvalue weighted by molar-refractivity contribution is 5.92. The van der Waals surface area contributed by atoms with E-state index in [2.05, 4.69) is 5.32 Å². The Balaban J connectivity index is 2.42. The lowest BCUT2D eigenvalue weighted by Gasteiger charge is -2.06. The molecule has 0 saturated heterocycles. The zero-order valence-electron chi connectivity index (χ0n) is 10.7. The first kappa shape index (κ1) is 14.9. The van der Waals surface area contributed by atoms with Crippen molar-refractivity contribution in [3.8, 4) is 0 Å². The minimum absolute atomic E-state index is 0.111. The van der Waals surface area contributed by atoms with E-state index in [1.165, 1.54) is 12.1 Å². The number of anilines is 1. The number of nitrogen functional groups attached to an aromatic ring is 1. The fourth-order valence-electron chi connectivity index (χ4n) is 1.34. The van der Waals surface area contributed by atoms with Crippen LogP contribution >= 0.6 is 0 Å². The molecule has 1 amide bonds. The molecule has 1 aromatic carbocycles. The van der Waals surface area contributed by atoms with Gasteiger partial charge in [0.2, 0.25) is 0 Å². The Hall–Kier alpha value is -2.11. The van der Waals surface area contributed by atoms with Gasteiger partial charge in [-0.2, -0.15) is 0 Å². The Morgan fingerprint density at radius 2 is 2.16 bits per heavy atom. The average Bonchev–Trinajstić information content (AvgIpc) is 2.39. The minimum Gasteiger partial charge on any atom is -0.452 e. The molecule has 6 heteroatoms. The maximum Gasteiger partial charge on any atom is 0.338 e. The van der Waals surface area contributed by atoms with Gasteiger partial charge in [-0.1, -0.05) is 13.3 Å². The van der Waals surface area contributed by atoms with Gasteiger partial charge in [-0.3, -0.25) is 4.79 Å². The van der Waals surface area contributed by atoms with Gasteiger partial charge in [0.1, 0.15) is 5.82 Å². The normalized spacial score (nSPS) is 10.0. The predicted molar refractivity (Wildman–Crippen MR) is 69.0 cm³/mol. The molecular formula is C13H17FN2O3. The summed E-state index contributed by atoms with van der Waals surface area (Å²) >= 11 is 0. The second-order valence-corrected chi connectivity index (χ2v) is 4.02. The van der Waals surface area contributed by atoms with Crippen molar-refractivity contribution in [1.82, 2.24) is 5.32 Å². The second kappa shape index (κ2) is 7.35. The quantitative estimate of drug-likeness (QED) is 0.465. The smallest absolute Gasteiger partial charge is 0.338 e. The molecule has 0 radical (unpaired) electrons. The van der Waals surface area contributed by atoms with Crippen molar-refractivity contribution in [2.45, 2.75) is 19.8 Å². The van der Waals surface area contributed by atoms with Crippen molar-refractivity contribution < 1.29 is 18.7 Å². The van der Waals surface area contributed by atoms with Gasteiger partial charge in [-0.15, -0.1) is 0 Å². The highest BCUT2D eigenvalue weighted by Crippen LogP contribution is 2.12. The van der Waals surface area contributed by atoms with Crippen LogP contribution in [0.5, 0.6) is 0 Å². The van der Waals surface area contributed by atoms with Crippen molar-refractivity contribution in [1.29, 1.82) is 0 Å². The minimum atomic E-state index is -0.711. The van der Waals surface area contributed by atoms with Crippen LogP contribution in [0.2, 0.25) is 0 Å². The summed E-state index contributed by atoms with van der Waals surface area (Å²) in [5.41, 5.74) is 5.31. The van der Waals surface area contributed by atoms with Crippen LogP contribution in [-0.4, -0.2) is 25.0 Å². The number of amides is 1. The Morgan fingerprint density at radius 3 is 2.79 bits per heavy atom. The highest BCUT2D eigenvalue weighted by atomic mass is 19.1. The van der Waals surface area contributed by atoms with E-state index in [1.54, 1.807) is 0 Å². The summed E-state index contributed by atoms with van der Waals surface area (Å²) in [6.07, 6.45) is 1.84. The summed E-state index contributed by atoms with van der Waals surface area (Å²) in [6, 6.07) is 3.50. The Kier molecular flexibility index (Phi) is 5.78. The Morgan fingerprint density at radius 1 is 1.42 bits per heavy atom. The van der Waals surface area contributed by atoms with Crippen LogP contribution in [0.4, 0.5) is 10.1 Å². The molecule has 0 unspecified atom stereocenters. The lowest BCUT2D eigenvalue weighted by molar-refractivity contribution is -0.124. The standard InChI is InChI=1S/C13H17FN2O3/c1-2-3-6-16-12(17)8-19-13(18)9-4-5-10(14)11(15)7-9/h4-5,7H,2-3,6,8,15H2,1H3,(H,16,17). The zero-order valence-corrected chi connectivity index (χ0v) is 10.7. The van der Waals surface area contributed by atoms with E-state index in [9.17, 15) is 14.0 Å². The van der Waals surface area contributed by atoms with Crippen LogP contribution in [0.25, 0.3) is 0 Å². The number of esters is 1. The number of halogens is 1. The van der Waals surface area contributed by atoms with Gasteiger partial charge in [0.25, 0.3) is 5.91 Å². The largest absolute Gasteiger partial charge is 0.452 e. The van der Waals surface area contributed by atoms with E-state index in [4.69, 9.17) is 10.5 Å². The van der Waals surface area contributed by atoms with E-state index in [0.717, 1.165) is 18.9 Å². The average molecular weight is 268 g/mol. The topological polar surface area (TPSA) is 81.4 Å². The maximum absolute atomic E-state index is 12.9. The number of hydrogen-bond acceptors (Lipinski definition) is 4. The summed E-state index contributed by atoms with van der Waals surface area (Å²) in [7, 11) is 0. The third-order valence-corrected chi connectivity index (χ3v) is 2.42. The number of hydrogen-bond donors (Lipinski definition) is 2. The number of unbranched alkanes of at least 4 members (excludes halogenated alkanes) is 1. The number of ether oxygens (including phenoxy) is 1. The molecule has 0 saturated carbocycles. The second-order valence-electron chi connectivity index (χ2n) is 4.02. The molecule has 104 valence electrons. The summed E-state index contributed by atoms with van der Waals surface area (Å²) in [5, 5.41) is 2.61. The van der Waals surface area contributed by atoms with Crippen LogP contribution in [0, 0.1) is 5.82 Å². The Bertz CT molecular complexity index is 463. The number of rotatable bonds is 6. The predicted octanol–water partition coefficient (Wildman–Crippen LogP) is 1.48. The molecule has 1 rings (SSSR count). The molecule has 0 fully saturated rings. The maximum atomic E-state index is 12.9. The van der Waals surface area contributed by atoms with Gasteiger partial charge in [-0.05, 0) is 24.6 Å². The highest BCUT2D eigenvalue weighted by Gasteiger charge is 2.11. The van der Waals surface area contributed by atoms with Crippen molar-refractivity contribution in [2.24, 2.45) is 0 Å². The number of nitrogens with one attached hydrogen (secondary N) is 1. The van der Waals surface area contributed by atoms with Crippen LogP contribution in [0.1, 0.15) is 30.1 Å². The summed E-state index contributed by atoms with van der Waals surface area (Å²) in [6.45, 7) is 2.20. The van der Waals surface area contributed by atoms with E-state index in [0.29, 0.717) is 6.54 Å². The first-order valence-electron chi connectivity index (χ1n) is 6.03. The van der Waals surface area contributed by atoms with Crippen molar-refractivity contribution >= 4 is 17.6 Å². The molecule has 1 aromatic rings. The molecule has 0 aliphatic rings. The summed E-state index contributed by atoms with van der Waals surface area (Å²) in [5.74, 6) is -1.68. The summed E-state index contributed by atoms with van der Waals surface area (Å²) in [4.78, 5) is 22.9. The molecule has 0 bridgehead atoms. The number of carbonyl (C=O) groups excluding carboxylic acids is 2. The number of nitrogens with two attached hydrogens (primary N) is 1.